The maximum atomic E-state index is 14.2. The molecule has 0 aliphatic carbocycles. The summed E-state index contributed by atoms with van der Waals surface area (Å²) in [4.78, 5) is 38.6. The van der Waals surface area contributed by atoms with Gasteiger partial charge in [-0.05, 0) is 42.3 Å². The fraction of sp³-hybridized carbons (Fsp3) is 0.333. The van der Waals surface area contributed by atoms with Crippen LogP contribution in [0, 0.1) is 0 Å². The first kappa shape index (κ1) is 31.1. The molecule has 1 atom stereocenters. The average Bonchev–Trinajstić information content (AvgIpc) is 3.72. The van der Waals surface area contributed by atoms with Crippen LogP contribution in [0.2, 0.25) is 5.02 Å². The Balaban J connectivity index is 1.33. The van der Waals surface area contributed by atoms with Crippen LogP contribution in [0.5, 0.6) is 0 Å². The number of nitrogens with one attached hydrogen (secondary N) is 1. The first-order chi connectivity index (χ1) is 22.2. The van der Waals surface area contributed by atoms with E-state index in [0.29, 0.717) is 57.5 Å². The first-order valence-corrected chi connectivity index (χ1v) is 14.8. The van der Waals surface area contributed by atoms with Gasteiger partial charge in [0.25, 0.3) is 5.91 Å². The number of benzene rings is 2. The number of aliphatic imine (C=N–C) groups is 1. The van der Waals surface area contributed by atoms with E-state index in [1.165, 1.54) is 23.6 Å². The van der Waals surface area contributed by atoms with Gasteiger partial charge in [0.15, 0.2) is 11.8 Å². The molecule has 0 radical (unpaired) electrons. The van der Waals surface area contributed by atoms with Gasteiger partial charge in [0.05, 0.1) is 37.0 Å². The third-order valence-corrected chi connectivity index (χ3v) is 8.29. The van der Waals surface area contributed by atoms with Gasteiger partial charge in [0, 0.05) is 35.9 Å². The van der Waals surface area contributed by atoms with Crippen molar-refractivity contribution in [2.24, 2.45) is 10.7 Å². The number of halogens is 3. The summed E-state index contributed by atoms with van der Waals surface area (Å²) >= 11 is 6.50. The zero-order chi connectivity index (χ0) is 32.4. The molecule has 2 amide bonds. The standard InChI is InChI=1S/C30H30ClF2N9O4/c1-2-35-28(34)42(26(43)19-5-3-18(4-6-19)21-12-38-41(13-21)27(32)33)24(14-45-29(44)40-15-30(16-40)9-10-46-30)20-7-8-23(31)22(11-20)25-36-17-37-39-25/h3-8,11-13,17,24,27H,2,9-10,14-16H2,1H3,(H2,34,35)(H,36,37,39)/t24-/m1/s1. The number of hydrogen-bond acceptors (Lipinski definition) is 8. The third-order valence-electron chi connectivity index (χ3n) is 7.96. The van der Waals surface area contributed by atoms with Crippen molar-refractivity contribution in [1.82, 2.24) is 34.8 Å². The van der Waals surface area contributed by atoms with Gasteiger partial charge in [-0.25, -0.2) is 14.5 Å². The van der Waals surface area contributed by atoms with Gasteiger partial charge in [-0.2, -0.15) is 19.0 Å². The lowest BCUT2D eigenvalue weighted by atomic mass is 9.87. The molecule has 2 fully saturated rings. The van der Waals surface area contributed by atoms with E-state index < -0.39 is 24.6 Å². The SMILES string of the molecule is CCN=C(N)N(C(=O)c1ccc(-c2cnn(C(F)F)c2)cc1)[C@H](COC(=O)N1CC2(CCO2)C1)c1ccc(Cl)c(-c2ncn[nH]2)c1. The quantitative estimate of drug-likeness (QED) is 0.197. The number of carbonyl (C=O) groups is 2. The van der Waals surface area contributed by atoms with Crippen LogP contribution in [0.25, 0.3) is 22.5 Å². The smallest absolute Gasteiger partial charge is 0.410 e. The summed E-state index contributed by atoms with van der Waals surface area (Å²) in [6.45, 7) is 0.525. The van der Waals surface area contributed by atoms with Crippen LogP contribution < -0.4 is 5.73 Å². The number of aromatic amines is 1. The summed E-state index contributed by atoms with van der Waals surface area (Å²) in [5.74, 6) is -0.238. The molecule has 13 nitrogen and oxygen atoms in total. The molecule has 46 heavy (non-hydrogen) atoms. The zero-order valence-electron chi connectivity index (χ0n) is 24.6. The summed E-state index contributed by atoms with van der Waals surface area (Å²) < 4.78 is 38.0. The summed E-state index contributed by atoms with van der Waals surface area (Å²) in [6, 6.07) is 10.4. The van der Waals surface area contributed by atoms with E-state index in [1.54, 1.807) is 54.3 Å². The minimum absolute atomic E-state index is 0.0993. The molecule has 0 bridgehead atoms. The van der Waals surface area contributed by atoms with E-state index in [2.05, 4.69) is 25.3 Å². The third kappa shape index (κ3) is 6.15. The predicted octanol–water partition coefficient (Wildman–Crippen LogP) is 4.51. The molecule has 16 heteroatoms. The number of aromatic nitrogens is 5. The van der Waals surface area contributed by atoms with Crippen LogP contribution in [0.3, 0.4) is 0 Å². The highest BCUT2D eigenvalue weighted by atomic mass is 35.5. The van der Waals surface area contributed by atoms with Crippen molar-refractivity contribution < 1.29 is 27.8 Å². The van der Waals surface area contributed by atoms with Crippen molar-refractivity contribution >= 4 is 29.6 Å². The number of likely N-dealkylation sites (tertiary alicyclic amines) is 1. The van der Waals surface area contributed by atoms with Crippen LogP contribution >= 0.6 is 11.6 Å². The Labute approximate surface area is 266 Å². The van der Waals surface area contributed by atoms with Gasteiger partial charge < -0.3 is 20.1 Å². The van der Waals surface area contributed by atoms with Crippen LogP contribution in [-0.4, -0.2) is 91.2 Å². The fourth-order valence-electron chi connectivity index (χ4n) is 5.43. The van der Waals surface area contributed by atoms with Crippen molar-refractivity contribution in [2.75, 3.05) is 32.8 Å². The second-order valence-electron chi connectivity index (χ2n) is 10.9. The summed E-state index contributed by atoms with van der Waals surface area (Å²) in [6.07, 6.45) is 4.20. The Kier molecular flexibility index (Phi) is 8.69. The largest absolute Gasteiger partial charge is 0.447 e. The van der Waals surface area contributed by atoms with E-state index in [0.717, 1.165) is 6.42 Å². The predicted molar refractivity (Wildman–Crippen MR) is 163 cm³/mol. The number of ether oxygens (including phenoxy) is 2. The second-order valence-corrected chi connectivity index (χ2v) is 11.3. The van der Waals surface area contributed by atoms with Crippen molar-refractivity contribution in [2.45, 2.75) is 31.5 Å². The molecular formula is C30H30ClF2N9O4. The van der Waals surface area contributed by atoms with E-state index in [4.69, 9.17) is 26.8 Å². The van der Waals surface area contributed by atoms with Gasteiger partial charge in [-0.1, -0.05) is 29.8 Å². The number of carbonyl (C=O) groups excluding carboxylic acids is 2. The number of hydrogen-bond donors (Lipinski definition) is 2. The average molecular weight is 654 g/mol. The number of nitrogens with two attached hydrogens (primary N) is 1. The molecule has 2 aromatic carbocycles. The van der Waals surface area contributed by atoms with Crippen LogP contribution in [0.1, 0.15) is 41.9 Å². The molecule has 0 saturated carbocycles. The monoisotopic (exact) mass is 653 g/mol. The Morgan fingerprint density at radius 2 is 1.98 bits per heavy atom. The highest BCUT2D eigenvalue weighted by molar-refractivity contribution is 6.33. The minimum atomic E-state index is -2.78. The molecule has 2 saturated heterocycles. The summed E-state index contributed by atoms with van der Waals surface area (Å²) in [7, 11) is 0. The zero-order valence-corrected chi connectivity index (χ0v) is 25.4. The number of rotatable bonds is 9. The van der Waals surface area contributed by atoms with Gasteiger partial charge in [-0.3, -0.25) is 19.8 Å². The van der Waals surface area contributed by atoms with E-state index in [1.807, 2.05) is 0 Å². The lowest BCUT2D eigenvalue weighted by molar-refractivity contribution is -0.212. The Hall–Kier alpha value is -4.89. The first-order valence-electron chi connectivity index (χ1n) is 14.4. The van der Waals surface area contributed by atoms with E-state index in [-0.39, 0.29) is 30.3 Å². The van der Waals surface area contributed by atoms with Crippen LogP contribution in [0.4, 0.5) is 13.6 Å². The maximum Gasteiger partial charge on any atom is 0.410 e. The Bertz CT molecular complexity index is 1740. The topological polar surface area (TPSA) is 157 Å². The van der Waals surface area contributed by atoms with Crippen molar-refractivity contribution in [1.29, 1.82) is 0 Å². The summed E-state index contributed by atoms with van der Waals surface area (Å²) in [5.41, 5.74) is 8.45. The number of H-pyrrole nitrogens is 1. The van der Waals surface area contributed by atoms with Crippen molar-refractivity contribution in [3.05, 3.63) is 77.3 Å². The van der Waals surface area contributed by atoms with Crippen molar-refractivity contribution in [3.8, 4) is 22.5 Å². The van der Waals surface area contributed by atoms with Gasteiger partial charge in [0.1, 0.15) is 18.5 Å². The molecule has 2 aliphatic heterocycles. The molecule has 4 aromatic rings. The number of nitrogens with zero attached hydrogens (tertiary/aromatic N) is 7. The molecule has 2 aliphatic rings. The molecule has 0 unspecified atom stereocenters. The highest BCUT2D eigenvalue weighted by Gasteiger charge is 2.51. The summed E-state index contributed by atoms with van der Waals surface area (Å²) in [5, 5.41) is 10.7. The fourth-order valence-corrected chi connectivity index (χ4v) is 5.64. The second kappa shape index (κ2) is 12.8. The van der Waals surface area contributed by atoms with Gasteiger partial charge >= 0.3 is 12.6 Å². The number of alkyl halides is 2. The molecular weight excluding hydrogens is 624 g/mol. The molecule has 6 rings (SSSR count). The number of amides is 2. The highest BCUT2D eigenvalue weighted by Crippen LogP contribution is 2.37. The van der Waals surface area contributed by atoms with Crippen molar-refractivity contribution in [3.63, 3.8) is 0 Å². The van der Waals surface area contributed by atoms with Crippen LogP contribution in [-0.2, 0) is 9.47 Å². The molecule has 240 valence electrons. The van der Waals surface area contributed by atoms with Crippen LogP contribution in [0.15, 0.2) is 66.2 Å². The maximum absolute atomic E-state index is 14.2. The lowest BCUT2D eigenvalue weighted by Gasteiger charge is -2.54. The van der Waals surface area contributed by atoms with Gasteiger partial charge in [-0.15, -0.1) is 0 Å². The minimum Gasteiger partial charge on any atom is -0.447 e. The molecule has 1 spiro atoms. The van der Waals surface area contributed by atoms with Gasteiger partial charge in [0.2, 0.25) is 0 Å². The molecule has 3 N–H and O–H groups in total. The lowest BCUT2D eigenvalue weighted by Crippen LogP contribution is -2.69. The Morgan fingerprint density at radius 1 is 1.22 bits per heavy atom. The van der Waals surface area contributed by atoms with E-state index >= 15 is 0 Å². The number of guanidine groups is 1. The normalized spacial score (nSPS) is 16.2. The molecule has 2 aromatic heterocycles. The Morgan fingerprint density at radius 3 is 2.59 bits per heavy atom. The molecule has 4 heterocycles. The van der Waals surface area contributed by atoms with E-state index in [9.17, 15) is 18.4 Å².